The average molecular weight is 310 g/mol. The van der Waals surface area contributed by atoms with E-state index in [2.05, 4.69) is 10.0 Å². The van der Waals surface area contributed by atoms with E-state index in [4.69, 9.17) is 11.3 Å². The minimum Gasteiger partial charge on any atom is -0.449 e. The van der Waals surface area contributed by atoms with Gasteiger partial charge in [-0.3, -0.25) is 0 Å². The van der Waals surface area contributed by atoms with Crippen LogP contribution in [0.5, 0.6) is 0 Å². The van der Waals surface area contributed by atoms with E-state index in [1.807, 2.05) is 0 Å². The number of benzene rings is 1. The summed E-state index contributed by atoms with van der Waals surface area (Å²) in [6.45, 7) is 0.0310. The number of hydrogen-bond donors (Lipinski definition) is 1. The van der Waals surface area contributed by atoms with Gasteiger partial charge in [0, 0.05) is 17.1 Å². The van der Waals surface area contributed by atoms with Crippen LogP contribution in [-0.4, -0.2) is 6.98 Å². The quantitative estimate of drug-likeness (QED) is 0.382. The third kappa shape index (κ3) is 4.49. The zero-order chi connectivity index (χ0) is 14.8. The van der Waals surface area contributed by atoms with Crippen molar-refractivity contribution in [3.8, 4) is 0 Å². The van der Waals surface area contributed by atoms with E-state index in [0.29, 0.717) is 22.3 Å². The van der Waals surface area contributed by atoms with E-state index in [1.165, 1.54) is 0 Å². The van der Waals surface area contributed by atoms with E-state index in [9.17, 15) is 12.9 Å². The standard InChI is InChI=1S/C11H15BF3N4.K/c1-6-9(4-12(13,14)15)7(2)11(18-19-17)8(3)10(6)5-16;/h4-5,16H2,1-3H3;/q-1;+1. The second-order valence-corrected chi connectivity index (χ2v) is 4.49. The van der Waals surface area contributed by atoms with E-state index in [1.54, 1.807) is 20.8 Å². The van der Waals surface area contributed by atoms with Crippen LogP contribution < -0.4 is 57.1 Å². The van der Waals surface area contributed by atoms with Crippen LogP contribution >= 0.6 is 0 Å². The first-order chi connectivity index (χ1) is 8.72. The van der Waals surface area contributed by atoms with Crippen LogP contribution in [0.2, 0.25) is 0 Å². The largest absolute Gasteiger partial charge is 1.00 e. The summed E-state index contributed by atoms with van der Waals surface area (Å²) in [6.07, 6.45) is -0.987. The summed E-state index contributed by atoms with van der Waals surface area (Å²) >= 11 is 0. The maximum absolute atomic E-state index is 12.7. The first kappa shape index (κ1) is 20.0. The number of nitrogens with zero attached hydrogens (tertiary/aromatic N) is 3. The predicted molar refractivity (Wildman–Crippen MR) is 70.1 cm³/mol. The zero-order valence-electron chi connectivity index (χ0n) is 12.0. The summed E-state index contributed by atoms with van der Waals surface area (Å²) in [5, 5.41) is 3.51. The molecule has 0 fully saturated rings. The molecular formula is C11H15BF3KN4. The van der Waals surface area contributed by atoms with Crippen molar-refractivity contribution in [3.63, 3.8) is 0 Å². The first-order valence-electron chi connectivity index (χ1n) is 5.80. The van der Waals surface area contributed by atoms with Crippen LogP contribution in [0.15, 0.2) is 5.11 Å². The summed E-state index contributed by atoms with van der Waals surface area (Å²) < 4.78 is 38.0. The van der Waals surface area contributed by atoms with Gasteiger partial charge in [0.15, 0.2) is 0 Å². The summed E-state index contributed by atoms with van der Waals surface area (Å²) in [6, 6.07) is 0. The Labute approximate surface area is 158 Å². The monoisotopic (exact) mass is 310 g/mol. The SMILES string of the molecule is Cc1c(CN)c(C)c(N=[N+]=[N-])c(C)c1C[B-](F)(F)F.[K+]. The minimum atomic E-state index is -4.95. The van der Waals surface area contributed by atoms with Gasteiger partial charge in [0.05, 0.1) is 0 Å². The molecule has 0 heterocycles. The molecule has 1 rings (SSSR count). The van der Waals surface area contributed by atoms with Crippen LogP contribution in [0.4, 0.5) is 18.6 Å². The van der Waals surface area contributed by atoms with E-state index < -0.39 is 13.3 Å². The molecule has 0 aliphatic carbocycles. The molecule has 4 nitrogen and oxygen atoms in total. The average Bonchev–Trinajstić information content (AvgIpc) is 2.30. The summed E-state index contributed by atoms with van der Waals surface area (Å²) in [5.41, 5.74) is 16.7. The van der Waals surface area contributed by atoms with Gasteiger partial charge in [-0.2, -0.15) is 0 Å². The summed E-state index contributed by atoms with van der Waals surface area (Å²) in [7, 11) is 0. The molecule has 0 atom stereocenters. The van der Waals surface area contributed by atoms with Crippen molar-refractivity contribution < 1.29 is 64.3 Å². The molecule has 2 N–H and O–H groups in total. The molecule has 0 aliphatic heterocycles. The number of azide groups is 1. The number of hydrogen-bond acceptors (Lipinski definition) is 2. The molecule has 1 aromatic carbocycles. The maximum atomic E-state index is 12.7. The van der Waals surface area contributed by atoms with Gasteiger partial charge in [-0.05, 0) is 48.6 Å². The molecule has 0 unspecified atom stereocenters. The Morgan fingerprint density at radius 1 is 1.10 bits per heavy atom. The molecule has 0 saturated carbocycles. The van der Waals surface area contributed by atoms with Gasteiger partial charge in [-0.1, -0.05) is 17.0 Å². The molecule has 9 heteroatoms. The Bertz CT molecular complexity index is 554. The fourth-order valence-electron chi connectivity index (χ4n) is 2.35. The van der Waals surface area contributed by atoms with Crippen molar-refractivity contribution in [1.82, 2.24) is 0 Å². The normalized spacial score (nSPS) is 10.8. The Hall–Kier alpha value is -0.0187. The first-order valence-corrected chi connectivity index (χ1v) is 5.80. The van der Waals surface area contributed by atoms with Gasteiger partial charge in [-0.15, -0.1) is 0 Å². The molecule has 0 aromatic heterocycles. The van der Waals surface area contributed by atoms with Gasteiger partial charge in [0.25, 0.3) is 0 Å². The molecule has 0 spiro atoms. The topological polar surface area (TPSA) is 74.8 Å². The van der Waals surface area contributed by atoms with Crippen molar-refractivity contribution in [2.24, 2.45) is 10.8 Å². The van der Waals surface area contributed by atoms with Crippen LogP contribution in [0, 0.1) is 20.8 Å². The van der Waals surface area contributed by atoms with Crippen molar-refractivity contribution >= 4 is 12.7 Å². The second-order valence-electron chi connectivity index (χ2n) is 4.49. The van der Waals surface area contributed by atoms with Gasteiger partial charge in [0.1, 0.15) is 0 Å². The summed E-state index contributed by atoms with van der Waals surface area (Å²) in [4.78, 5) is 2.68. The fraction of sp³-hybridized carbons (Fsp3) is 0.455. The van der Waals surface area contributed by atoms with Gasteiger partial charge < -0.3 is 18.7 Å². The van der Waals surface area contributed by atoms with E-state index >= 15 is 0 Å². The van der Waals surface area contributed by atoms with Crippen molar-refractivity contribution in [2.45, 2.75) is 33.6 Å². The van der Waals surface area contributed by atoms with Crippen LogP contribution in [0.1, 0.15) is 27.8 Å². The second kappa shape index (κ2) is 7.84. The van der Waals surface area contributed by atoms with Crippen LogP contribution in [-0.2, 0) is 12.9 Å². The Kier molecular flexibility index (Phi) is 7.83. The number of rotatable bonds is 4. The molecule has 1 aromatic rings. The van der Waals surface area contributed by atoms with Gasteiger partial charge in [-0.25, -0.2) is 0 Å². The molecule has 0 bridgehead atoms. The molecule has 0 amide bonds. The van der Waals surface area contributed by atoms with E-state index in [0.717, 1.165) is 0 Å². The fourth-order valence-corrected chi connectivity index (χ4v) is 2.35. The Morgan fingerprint density at radius 2 is 1.60 bits per heavy atom. The molecule has 0 radical (unpaired) electrons. The Balaban J connectivity index is 0.00000361. The third-order valence-electron chi connectivity index (χ3n) is 3.31. The minimum absolute atomic E-state index is 0. The molecular weight excluding hydrogens is 295 g/mol. The van der Waals surface area contributed by atoms with Gasteiger partial charge in [0.2, 0.25) is 0 Å². The third-order valence-corrected chi connectivity index (χ3v) is 3.31. The molecule has 0 aliphatic rings. The molecule has 20 heavy (non-hydrogen) atoms. The van der Waals surface area contributed by atoms with Crippen LogP contribution in [0.25, 0.3) is 10.4 Å². The predicted octanol–water partition coefficient (Wildman–Crippen LogP) is 0.945. The van der Waals surface area contributed by atoms with Crippen molar-refractivity contribution in [2.75, 3.05) is 0 Å². The maximum Gasteiger partial charge on any atom is 1.00 e. The molecule has 104 valence electrons. The number of nitrogens with two attached hydrogens (primary N) is 1. The van der Waals surface area contributed by atoms with Crippen molar-refractivity contribution in [1.29, 1.82) is 0 Å². The number of halogens is 3. The van der Waals surface area contributed by atoms with Gasteiger partial charge >= 0.3 is 58.4 Å². The molecule has 0 saturated heterocycles. The summed E-state index contributed by atoms with van der Waals surface area (Å²) in [5.74, 6) is 0. The Morgan fingerprint density at radius 3 is 2.00 bits per heavy atom. The smallest absolute Gasteiger partial charge is 0.449 e. The van der Waals surface area contributed by atoms with Crippen LogP contribution in [0.3, 0.4) is 0 Å². The zero-order valence-corrected chi connectivity index (χ0v) is 15.2. The van der Waals surface area contributed by atoms with Crippen molar-refractivity contribution in [3.05, 3.63) is 38.3 Å². The van der Waals surface area contributed by atoms with E-state index in [-0.39, 0.29) is 69.2 Å².